The number of amides is 1. The van der Waals surface area contributed by atoms with Crippen molar-refractivity contribution in [2.75, 3.05) is 13.1 Å². The van der Waals surface area contributed by atoms with Crippen LogP contribution in [0.3, 0.4) is 0 Å². The molecule has 0 spiro atoms. The van der Waals surface area contributed by atoms with Gasteiger partial charge < -0.3 is 10.6 Å². The second kappa shape index (κ2) is 7.46. The highest BCUT2D eigenvalue weighted by Crippen LogP contribution is 2.32. The number of hydrogen-bond donors (Lipinski definition) is 2. The predicted octanol–water partition coefficient (Wildman–Crippen LogP) is 2.54. The number of nitrogens with one attached hydrogen (secondary N) is 2. The van der Waals surface area contributed by atoms with Crippen LogP contribution in [0, 0.1) is 12.8 Å². The summed E-state index contributed by atoms with van der Waals surface area (Å²) in [5.41, 5.74) is 0.901. The zero-order chi connectivity index (χ0) is 17.9. The fourth-order valence-corrected chi connectivity index (χ4v) is 5.97. The summed E-state index contributed by atoms with van der Waals surface area (Å²) >= 11 is 0. The van der Waals surface area contributed by atoms with Crippen LogP contribution in [0.25, 0.3) is 0 Å². The summed E-state index contributed by atoms with van der Waals surface area (Å²) in [5.74, 6) is -0.153. The van der Waals surface area contributed by atoms with Crippen molar-refractivity contribution in [2.24, 2.45) is 5.92 Å². The van der Waals surface area contributed by atoms with Gasteiger partial charge >= 0.3 is 0 Å². The van der Waals surface area contributed by atoms with Gasteiger partial charge in [0.05, 0.1) is 4.90 Å². The number of benzene rings is 1. The van der Waals surface area contributed by atoms with Crippen molar-refractivity contribution >= 4 is 15.7 Å². The molecule has 1 saturated heterocycles. The molecule has 1 saturated carbocycles. The Morgan fingerprint density at radius 1 is 1.20 bits per heavy atom. The predicted molar refractivity (Wildman–Crippen MR) is 97.9 cm³/mol. The molecule has 2 N–H and O–H groups in total. The third-order valence-corrected chi connectivity index (χ3v) is 7.84. The number of carbonyl (C=O) groups is 1. The van der Waals surface area contributed by atoms with Gasteiger partial charge in [0, 0.05) is 12.5 Å². The molecule has 1 aliphatic carbocycles. The van der Waals surface area contributed by atoms with Gasteiger partial charge in [-0.25, -0.2) is 8.42 Å². The minimum Gasteiger partial charge on any atom is -0.335 e. The molecule has 2 fully saturated rings. The van der Waals surface area contributed by atoms with E-state index in [0.29, 0.717) is 11.3 Å². The summed E-state index contributed by atoms with van der Waals surface area (Å²) in [6, 6.07) is 6.96. The normalized spacial score (nSPS) is 25.5. The quantitative estimate of drug-likeness (QED) is 0.861. The molecule has 6 heteroatoms. The number of hydrogen-bond acceptors (Lipinski definition) is 4. The van der Waals surface area contributed by atoms with Gasteiger partial charge in [-0.2, -0.15) is 0 Å². The first-order valence-electron chi connectivity index (χ1n) is 9.29. The van der Waals surface area contributed by atoms with Crippen molar-refractivity contribution in [1.29, 1.82) is 0 Å². The number of carbonyl (C=O) groups excluding carboxylic acids is 1. The lowest BCUT2D eigenvalue weighted by Crippen LogP contribution is -2.63. The third kappa shape index (κ3) is 3.75. The van der Waals surface area contributed by atoms with E-state index >= 15 is 0 Å². The standard InChI is InChI=1S/C19H28N2O3S/c1-15-7-5-10-17(13-15)25(23,24)19(11-6-12-20-14-19)21-18(22)16-8-3-2-4-9-16/h5,7,10,13,16,20H,2-4,6,8-9,11-12,14H2,1H3,(H,21,22)/t19-/m0/s1. The van der Waals surface area contributed by atoms with Crippen LogP contribution in [0.4, 0.5) is 0 Å². The van der Waals surface area contributed by atoms with Gasteiger partial charge in [-0.15, -0.1) is 0 Å². The Hall–Kier alpha value is -1.40. The number of sulfone groups is 1. The zero-order valence-corrected chi connectivity index (χ0v) is 15.7. The lowest BCUT2D eigenvalue weighted by molar-refractivity contribution is -0.127. The van der Waals surface area contributed by atoms with E-state index in [0.717, 1.165) is 50.6 Å². The molecule has 0 aromatic heterocycles. The van der Waals surface area contributed by atoms with Crippen molar-refractivity contribution in [1.82, 2.24) is 10.6 Å². The lowest BCUT2D eigenvalue weighted by atomic mass is 9.88. The van der Waals surface area contributed by atoms with Crippen LogP contribution in [0.2, 0.25) is 0 Å². The molecule has 25 heavy (non-hydrogen) atoms. The van der Waals surface area contributed by atoms with E-state index in [1.54, 1.807) is 18.2 Å². The highest BCUT2D eigenvalue weighted by Gasteiger charge is 2.47. The van der Waals surface area contributed by atoms with Crippen molar-refractivity contribution in [3.63, 3.8) is 0 Å². The SMILES string of the molecule is Cc1cccc(S(=O)(=O)[C@@]2(NC(=O)C3CCCCC3)CCCNC2)c1. The van der Waals surface area contributed by atoms with Crippen LogP contribution in [0.1, 0.15) is 50.5 Å². The molecule has 0 unspecified atom stereocenters. The maximum Gasteiger partial charge on any atom is 0.224 e. The highest BCUT2D eigenvalue weighted by atomic mass is 32.2. The molecule has 1 aromatic rings. The van der Waals surface area contributed by atoms with Crippen LogP contribution < -0.4 is 10.6 Å². The molecule has 138 valence electrons. The first-order valence-corrected chi connectivity index (χ1v) is 10.8. The monoisotopic (exact) mass is 364 g/mol. The van der Waals surface area contributed by atoms with Crippen LogP contribution >= 0.6 is 0 Å². The van der Waals surface area contributed by atoms with Crippen LogP contribution in [-0.4, -0.2) is 32.3 Å². The Balaban J connectivity index is 1.91. The topological polar surface area (TPSA) is 75.3 Å². The lowest BCUT2D eigenvalue weighted by Gasteiger charge is -2.39. The Morgan fingerprint density at radius 2 is 1.96 bits per heavy atom. The van der Waals surface area contributed by atoms with Gasteiger partial charge in [-0.05, 0) is 56.8 Å². The third-order valence-electron chi connectivity index (χ3n) is 5.49. The average molecular weight is 365 g/mol. The van der Waals surface area contributed by atoms with Gasteiger partial charge in [-0.1, -0.05) is 31.4 Å². The smallest absolute Gasteiger partial charge is 0.224 e. The van der Waals surface area contributed by atoms with Gasteiger partial charge in [0.25, 0.3) is 0 Å². The fraction of sp³-hybridized carbons (Fsp3) is 0.632. The van der Waals surface area contributed by atoms with E-state index in [1.165, 1.54) is 0 Å². The second-order valence-corrected chi connectivity index (χ2v) is 9.68. The van der Waals surface area contributed by atoms with E-state index in [4.69, 9.17) is 0 Å². The molecule has 0 bridgehead atoms. The summed E-state index contributed by atoms with van der Waals surface area (Å²) in [4.78, 5) is 11.9. The molecule has 1 atom stereocenters. The maximum absolute atomic E-state index is 13.4. The molecule has 5 nitrogen and oxygen atoms in total. The van der Waals surface area contributed by atoms with Crippen molar-refractivity contribution in [3.8, 4) is 0 Å². The summed E-state index contributed by atoms with van der Waals surface area (Å²) < 4.78 is 26.8. The van der Waals surface area contributed by atoms with Gasteiger partial charge in [-0.3, -0.25) is 4.79 Å². The number of rotatable bonds is 4. The van der Waals surface area contributed by atoms with E-state index in [1.807, 2.05) is 13.0 Å². The Kier molecular flexibility index (Phi) is 5.49. The molecule has 3 rings (SSSR count). The fourth-order valence-electron chi connectivity index (χ4n) is 3.98. The van der Waals surface area contributed by atoms with E-state index in [9.17, 15) is 13.2 Å². The van der Waals surface area contributed by atoms with Gasteiger partial charge in [0.15, 0.2) is 4.87 Å². The van der Waals surface area contributed by atoms with Crippen molar-refractivity contribution in [2.45, 2.75) is 61.6 Å². The second-order valence-electron chi connectivity index (χ2n) is 7.42. The minimum absolute atomic E-state index is 0.0553. The minimum atomic E-state index is -3.67. The number of aryl methyl sites for hydroxylation is 1. The maximum atomic E-state index is 13.4. The molecular weight excluding hydrogens is 336 g/mol. The first kappa shape index (κ1) is 18.4. The van der Waals surface area contributed by atoms with Crippen molar-refractivity contribution in [3.05, 3.63) is 29.8 Å². The molecular formula is C19H28N2O3S. The summed E-state index contributed by atoms with van der Waals surface area (Å²) in [7, 11) is -3.67. The Bertz CT molecular complexity index is 718. The zero-order valence-electron chi connectivity index (χ0n) is 14.9. The van der Waals surface area contributed by atoms with Crippen molar-refractivity contribution < 1.29 is 13.2 Å². The van der Waals surface area contributed by atoms with E-state index in [2.05, 4.69) is 10.6 Å². The summed E-state index contributed by atoms with van der Waals surface area (Å²) in [5, 5.41) is 6.15. The van der Waals surface area contributed by atoms with E-state index < -0.39 is 14.7 Å². The van der Waals surface area contributed by atoms with E-state index in [-0.39, 0.29) is 18.4 Å². The summed E-state index contributed by atoms with van der Waals surface area (Å²) in [6.45, 7) is 2.93. The van der Waals surface area contributed by atoms with Crippen LogP contribution in [0.5, 0.6) is 0 Å². The number of piperidine rings is 1. The van der Waals surface area contributed by atoms with Gasteiger partial charge in [0.2, 0.25) is 15.7 Å². The average Bonchev–Trinajstić information content (AvgIpc) is 2.63. The molecule has 2 aliphatic rings. The largest absolute Gasteiger partial charge is 0.335 e. The molecule has 1 aliphatic heterocycles. The first-order chi connectivity index (χ1) is 11.9. The Morgan fingerprint density at radius 3 is 2.60 bits per heavy atom. The molecule has 1 aromatic carbocycles. The molecule has 1 heterocycles. The van der Waals surface area contributed by atoms with Gasteiger partial charge in [0.1, 0.15) is 0 Å². The highest BCUT2D eigenvalue weighted by molar-refractivity contribution is 7.92. The molecule has 1 amide bonds. The van der Waals surface area contributed by atoms with Crippen LogP contribution in [0.15, 0.2) is 29.2 Å². The molecule has 0 radical (unpaired) electrons. The Labute approximate surface area is 150 Å². The van der Waals surface area contributed by atoms with Crippen LogP contribution in [-0.2, 0) is 14.6 Å². The summed E-state index contributed by atoms with van der Waals surface area (Å²) in [6.07, 6.45) is 6.17.